The zero-order chi connectivity index (χ0) is 12.2. The lowest BCUT2D eigenvalue weighted by Crippen LogP contribution is -2.35. The summed E-state index contributed by atoms with van der Waals surface area (Å²) in [7, 11) is -3.16. The van der Waals surface area contributed by atoms with E-state index in [1.54, 1.807) is 4.67 Å². The van der Waals surface area contributed by atoms with Gasteiger partial charge in [-0.05, 0) is 6.37 Å². The molecule has 14 heavy (non-hydrogen) atoms. The second-order valence-electron chi connectivity index (χ2n) is 2.71. The van der Waals surface area contributed by atoms with E-state index in [4.69, 9.17) is 30.5 Å². The predicted molar refractivity (Wildman–Crippen MR) is 59.2 cm³/mol. The molecule has 1 N–H and O–H groups in total. The maximum absolute atomic E-state index is 12.3. The Morgan fingerprint density at radius 3 is 2.57 bits per heavy atom. The zero-order valence-electron chi connectivity index (χ0n) is 9.71. The summed E-state index contributed by atoms with van der Waals surface area (Å²) in [5.41, 5.74) is 0. The smallest absolute Gasteiger partial charge is 0.306 e. The Morgan fingerprint density at radius 1 is 1.50 bits per heavy atom. The molecule has 0 aliphatic carbocycles. The summed E-state index contributed by atoms with van der Waals surface area (Å²) in [4.78, 5) is 0. The highest BCUT2D eigenvalue weighted by atomic mass is 35.5. The molecule has 0 radical (unpaired) electrons. The molecule has 1 heterocycles. The predicted octanol–water partition coefficient (Wildman–Crippen LogP) is 1.88. The summed E-state index contributed by atoms with van der Waals surface area (Å²) in [5, 5.41) is 2.62. The third-order valence-corrected chi connectivity index (χ3v) is 4.32. The number of alkyl halides is 2. The monoisotopic (exact) mass is 262 g/mol. The minimum Gasteiger partial charge on any atom is -0.306 e. The number of nitrogens with one attached hydrogen (secondary N) is 1. The van der Waals surface area contributed by atoms with E-state index in [1.165, 1.54) is 0 Å². The summed E-state index contributed by atoms with van der Waals surface area (Å²) in [5.74, 6) is 0.637. The van der Waals surface area contributed by atoms with Gasteiger partial charge in [0.05, 0.1) is 6.61 Å². The molecule has 1 saturated heterocycles. The quantitative estimate of drug-likeness (QED) is 0.607. The summed E-state index contributed by atoms with van der Waals surface area (Å²) < 4.78 is 33.8. The van der Waals surface area contributed by atoms with Crippen LogP contribution >= 0.6 is 30.9 Å². The van der Waals surface area contributed by atoms with Gasteiger partial charge >= 0.3 is 7.67 Å². The van der Waals surface area contributed by atoms with Crippen molar-refractivity contribution in [3.8, 4) is 0 Å². The van der Waals surface area contributed by atoms with Gasteiger partial charge in [0.1, 0.15) is 0 Å². The Kier molecular flexibility index (Phi) is 4.46. The number of rotatable bonds is 5. The van der Waals surface area contributed by atoms with Gasteiger partial charge in [-0.1, -0.05) is 0 Å². The lowest BCUT2D eigenvalue weighted by molar-refractivity contribution is 0.233. The Hall–Kier alpha value is 0.690. The van der Waals surface area contributed by atoms with Crippen LogP contribution in [0.3, 0.4) is 0 Å². The Morgan fingerprint density at radius 2 is 2.14 bits per heavy atom. The van der Waals surface area contributed by atoms with Crippen molar-refractivity contribution >= 4 is 30.9 Å². The number of hydrogen-bond acceptors (Lipinski definition) is 2. The maximum atomic E-state index is 12.3. The maximum Gasteiger partial charge on any atom is 0.343 e. The van der Waals surface area contributed by atoms with Gasteiger partial charge in [0.2, 0.25) is 0 Å². The van der Waals surface area contributed by atoms with Crippen LogP contribution in [0.2, 0.25) is 0 Å². The van der Waals surface area contributed by atoms with Crippen molar-refractivity contribution in [1.82, 2.24) is 9.76 Å². The summed E-state index contributed by atoms with van der Waals surface area (Å²) in [6, 6.07) is 0. The van der Waals surface area contributed by atoms with Gasteiger partial charge in [-0.25, -0.2) is 9.76 Å². The SMILES string of the molecule is [2H]C1([2H])CNP(=O)(N(CCCl)CCCl)OC1. The second-order valence-corrected chi connectivity index (χ2v) is 5.65. The van der Waals surface area contributed by atoms with E-state index in [0.717, 1.165) is 0 Å². The molecular weight excluding hydrogens is 246 g/mol. The molecule has 0 aromatic heterocycles. The van der Waals surface area contributed by atoms with Gasteiger partial charge in [0, 0.05) is 34.1 Å². The molecule has 1 fully saturated rings. The van der Waals surface area contributed by atoms with Gasteiger partial charge in [-0.2, -0.15) is 0 Å². The van der Waals surface area contributed by atoms with Crippen molar-refractivity contribution in [1.29, 1.82) is 0 Å². The molecule has 1 atom stereocenters. The Labute approximate surface area is 97.3 Å². The van der Waals surface area contributed by atoms with E-state index in [2.05, 4.69) is 5.09 Å². The van der Waals surface area contributed by atoms with Crippen molar-refractivity contribution in [2.45, 2.75) is 6.37 Å². The van der Waals surface area contributed by atoms with E-state index in [1.807, 2.05) is 0 Å². The Balaban J connectivity index is 2.65. The van der Waals surface area contributed by atoms with E-state index in [0.29, 0.717) is 24.8 Å². The molecule has 1 aliphatic heterocycles. The standard InChI is InChI=1S/C7H15Cl2N2O2P/c8-2-5-11(6-3-9)14(12)10-4-1-7-13-14/h1-7H2,(H,10,12)/i1D2. The largest absolute Gasteiger partial charge is 0.343 e. The topological polar surface area (TPSA) is 41.6 Å². The molecule has 1 unspecified atom stereocenters. The zero-order valence-corrected chi connectivity index (χ0v) is 10.1. The van der Waals surface area contributed by atoms with Gasteiger partial charge in [-0.3, -0.25) is 4.57 Å². The van der Waals surface area contributed by atoms with Crippen LogP contribution in [0, 0.1) is 0 Å². The summed E-state index contributed by atoms with van der Waals surface area (Å²) >= 11 is 11.2. The number of hydrogen-bond donors (Lipinski definition) is 1. The fraction of sp³-hybridized carbons (Fsp3) is 1.00. The first-order valence-corrected chi connectivity index (χ1v) is 6.95. The first-order chi connectivity index (χ1) is 7.43. The third-order valence-electron chi connectivity index (χ3n) is 1.80. The average molecular weight is 263 g/mol. The van der Waals surface area contributed by atoms with Gasteiger partial charge in [0.15, 0.2) is 0 Å². The molecule has 84 valence electrons. The molecule has 0 saturated carbocycles. The van der Waals surface area contributed by atoms with Gasteiger partial charge < -0.3 is 4.52 Å². The van der Waals surface area contributed by atoms with E-state index >= 15 is 0 Å². The lowest BCUT2D eigenvalue weighted by Gasteiger charge is -2.33. The van der Waals surface area contributed by atoms with Gasteiger partial charge in [-0.15, -0.1) is 23.2 Å². The highest BCUT2D eigenvalue weighted by molar-refractivity contribution is 7.54. The van der Waals surface area contributed by atoms with Crippen molar-refractivity contribution in [3.63, 3.8) is 0 Å². The average Bonchev–Trinajstić information content (AvgIpc) is 2.23. The van der Waals surface area contributed by atoms with Crippen molar-refractivity contribution in [2.24, 2.45) is 0 Å². The van der Waals surface area contributed by atoms with E-state index in [9.17, 15) is 4.57 Å². The number of nitrogens with zero attached hydrogens (tertiary/aromatic N) is 1. The summed E-state index contributed by atoms with van der Waals surface area (Å²) in [6.45, 7) is 0.604. The highest BCUT2D eigenvalue weighted by Crippen LogP contribution is 2.47. The van der Waals surface area contributed by atoms with Crippen LogP contribution in [0.1, 0.15) is 9.11 Å². The molecule has 7 heteroatoms. The molecule has 1 rings (SSSR count). The van der Waals surface area contributed by atoms with Gasteiger partial charge in [0.25, 0.3) is 0 Å². The van der Waals surface area contributed by atoms with Crippen molar-refractivity contribution < 1.29 is 11.8 Å². The molecule has 1 aliphatic rings. The second kappa shape index (κ2) is 6.31. The Bertz CT molecular complexity index is 263. The molecule has 0 aromatic carbocycles. The van der Waals surface area contributed by atoms with E-state index in [-0.39, 0.29) is 13.2 Å². The first-order valence-electron chi connectivity index (χ1n) is 5.31. The minimum atomic E-state index is -3.16. The molecular formula is C7H15Cl2N2O2P. The van der Waals surface area contributed by atoms with Crippen molar-refractivity contribution in [3.05, 3.63) is 0 Å². The van der Waals surface area contributed by atoms with Crippen LogP contribution in [-0.4, -0.2) is 42.7 Å². The van der Waals surface area contributed by atoms with Crippen LogP contribution < -0.4 is 5.09 Å². The third kappa shape index (κ3) is 3.37. The highest BCUT2D eigenvalue weighted by Gasteiger charge is 2.32. The molecule has 0 spiro atoms. The van der Waals surface area contributed by atoms with Crippen LogP contribution in [0.4, 0.5) is 0 Å². The summed E-state index contributed by atoms with van der Waals surface area (Å²) in [6.07, 6.45) is -1.48. The molecule has 4 nitrogen and oxygen atoms in total. The van der Waals surface area contributed by atoms with Crippen LogP contribution in [0.25, 0.3) is 0 Å². The molecule has 0 aromatic rings. The minimum absolute atomic E-state index is 0.00531. The number of halogens is 2. The van der Waals surface area contributed by atoms with Crippen molar-refractivity contribution in [2.75, 3.05) is 38.0 Å². The fourth-order valence-corrected chi connectivity index (χ4v) is 3.54. The fourth-order valence-electron chi connectivity index (χ4n) is 1.14. The van der Waals surface area contributed by atoms with Crippen LogP contribution in [-0.2, 0) is 9.09 Å². The molecule has 0 bridgehead atoms. The van der Waals surface area contributed by atoms with Crippen LogP contribution in [0.5, 0.6) is 0 Å². The molecule has 0 amide bonds. The normalized spacial score (nSPS) is 33.9. The lowest BCUT2D eigenvalue weighted by atomic mass is 10.5. The van der Waals surface area contributed by atoms with E-state index < -0.39 is 14.0 Å². The van der Waals surface area contributed by atoms with Crippen LogP contribution in [0.15, 0.2) is 0 Å². The first kappa shape index (κ1) is 9.88.